The first kappa shape index (κ1) is 13.1. The van der Waals surface area contributed by atoms with Crippen LogP contribution in [0.1, 0.15) is 38.5 Å². The molecule has 0 aromatic heterocycles. The Kier molecular flexibility index (Phi) is 5.95. The molecule has 1 fully saturated rings. The zero-order valence-electron chi connectivity index (χ0n) is 9.95. The van der Waals surface area contributed by atoms with Crippen LogP contribution in [0, 0.1) is 18.3 Å². The number of carbonyl (C=O) groups is 1. The summed E-state index contributed by atoms with van der Waals surface area (Å²) in [6.45, 7) is 2.52. The Bertz CT molecular complexity index is 249. The molecule has 3 heteroatoms. The van der Waals surface area contributed by atoms with Gasteiger partial charge in [0.1, 0.15) is 0 Å². The molecule has 1 rings (SSSR count). The van der Waals surface area contributed by atoms with Crippen LogP contribution in [-0.4, -0.2) is 30.4 Å². The highest BCUT2D eigenvalue weighted by molar-refractivity contribution is 5.76. The molecular formula is C13H22N2O. The molecule has 0 aliphatic carbocycles. The smallest absolute Gasteiger partial charge is 0.222 e. The summed E-state index contributed by atoms with van der Waals surface area (Å²) in [5, 5.41) is 0. The molecule has 1 heterocycles. The second-order valence-electron chi connectivity index (χ2n) is 4.47. The van der Waals surface area contributed by atoms with E-state index in [9.17, 15) is 4.79 Å². The van der Waals surface area contributed by atoms with Crippen molar-refractivity contribution in [3.63, 3.8) is 0 Å². The number of piperidine rings is 1. The van der Waals surface area contributed by atoms with E-state index in [-0.39, 0.29) is 5.91 Å². The first-order chi connectivity index (χ1) is 7.77. The van der Waals surface area contributed by atoms with Gasteiger partial charge in [-0.3, -0.25) is 4.79 Å². The SMILES string of the molecule is C#CCCCCC(=O)N1CCC(CN)CC1. The number of rotatable bonds is 5. The van der Waals surface area contributed by atoms with E-state index < -0.39 is 0 Å². The van der Waals surface area contributed by atoms with Gasteiger partial charge in [-0.25, -0.2) is 0 Å². The predicted molar refractivity (Wildman–Crippen MR) is 65.7 cm³/mol. The van der Waals surface area contributed by atoms with E-state index in [0.29, 0.717) is 12.3 Å². The highest BCUT2D eigenvalue weighted by Crippen LogP contribution is 2.17. The zero-order valence-corrected chi connectivity index (χ0v) is 9.95. The normalized spacial score (nSPS) is 17.1. The Hall–Kier alpha value is -1.01. The second kappa shape index (κ2) is 7.29. The second-order valence-corrected chi connectivity index (χ2v) is 4.47. The van der Waals surface area contributed by atoms with Crippen LogP contribution in [-0.2, 0) is 4.79 Å². The van der Waals surface area contributed by atoms with Gasteiger partial charge in [0.05, 0.1) is 0 Å². The highest BCUT2D eigenvalue weighted by atomic mass is 16.2. The van der Waals surface area contributed by atoms with Gasteiger partial charge < -0.3 is 10.6 Å². The van der Waals surface area contributed by atoms with Gasteiger partial charge in [0.2, 0.25) is 5.91 Å². The van der Waals surface area contributed by atoms with Crippen molar-refractivity contribution in [3.8, 4) is 12.3 Å². The summed E-state index contributed by atoms with van der Waals surface area (Å²) in [5.41, 5.74) is 5.62. The Labute approximate surface area is 98.4 Å². The minimum atomic E-state index is 0.285. The standard InChI is InChI=1S/C13H22N2O/c1-2-3-4-5-6-13(16)15-9-7-12(11-14)8-10-15/h1,12H,3-11,14H2. The van der Waals surface area contributed by atoms with Crippen LogP contribution in [0.5, 0.6) is 0 Å². The number of nitrogens with zero attached hydrogens (tertiary/aromatic N) is 1. The van der Waals surface area contributed by atoms with Crippen molar-refractivity contribution in [2.75, 3.05) is 19.6 Å². The Morgan fingerprint density at radius 3 is 2.62 bits per heavy atom. The molecule has 1 aliphatic heterocycles. The molecule has 0 aromatic carbocycles. The Balaban J connectivity index is 2.16. The molecular weight excluding hydrogens is 200 g/mol. The number of hydrogen-bond donors (Lipinski definition) is 1. The van der Waals surface area contributed by atoms with Crippen LogP contribution < -0.4 is 5.73 Å². The molecule has 2 N–H and O–H groups in total. The van der Waals surface area contributed by atoms with E-state index in [0.717, 1.165) is 51.7 Å². The van der Waals surface area contributed by atoms with Gasteiger partial charge in [0.25, 0.3) is 0 Å². The predicted octanol–water partition coefficient (Wildman–Crippen LogP) is 1.38. The number of hydrogen-bond acceptors (Lipinski definition) is 2. The molecule has 0 spiro atoms. The summed E-state index contributed by atoms with van der Waals surface area (Å²) in [5.74, 6) is 3.50. The molecule has 1 amide bonds. The van der Waals surface area contributed by atoms with Crippen LogP contribution in [0.25, 0.3) is 0 Å². The third-order valence-electron chi connectivity index (χ3n) is 3.26. The lowest BCUT2D eigenvalue weighted by molar-refractivity contribution is -0.132. The average molecular weight is 222 g/mol. The summed E-state index contributed by atoms with van der Waals surface area (Å²) < 4.78 is 0. The van der Waals surface area contributed by atoms with E-state index >= 15 is 0 Å². The fourth-order valence-electron chi connectivity index (χ4n) is 2.08. The van der Waals surface area contributed by atoms with Gasteiger partial charge in [-0.1, -0.05) is 0 Å². The third-order valence-corrected chi connectivity index (χ3v) is 3.26. The minimum absolute atomic E-state index is 0.285. The molecule has 0 radical (unpaired) electrons. The molecule has 0 aromatic rings. The number of unbranched alkanes of at least 4 members (excludes halogenated alkanes) is 2. The van der Waals surface area contributed by atoms with E-state index in [1.165, 1.54) is 0 Å². The molecule has 0 saturated carbocycles. The number of nitrogens with two attached hydrogens (primary N) is 1. The highest BCUT2D eigenvalue weighted by Gasteiger charge is 2.21. The van der Waals surface area contributed by atoms with Gasteiger partial charge >= 0.3 is 0 Å². The summed E-state index contributed by atoms with van der Waals surface area (Å²) in [6, 6.07) is 0. The van der Waals surface area contributed by atoms with Crippen LogP contribution in [0.3, 0.4) is 0 Å². The fraction of sp³-hybridized carbons (Fsp3) is 0.769. The molecule has 16 heavy (non-hydrogen) atoms. The first-order valence-corrected chi connectivity index (χ1v) is 6.19. The lowest BCUT2D eigenvalue weighted by atomic mass is 9.97. The van der Waals surface area contributed by atoms with Crippen LogP contribution in [0.4, 0.5) is 0 Å². The molecule has 0 bridgehead atoms. The average Bonchev–Trinajstić information content (AvgIpc) is 2.34. The number of likely N-dealkylation sites (tertiary alicyclic amines) is 1. The summed E-state index contributed by atoms with van der Waals surface area (Å²) in [4.78, 5) is 13.8. The zero-order chi connectivity index (χ0) is 11.8. The largest absolute Gasteiger partial charge is 0.343 e. The van der Waals surface area contributed by atoms with Crippen LogP contribution in [0.15, 0.2) is 0 Å². The van der Waals surface area contributed by atoms with Gasteiger partial charge in [-0.2, -0.15) is 0 Å². The Morgan fingerprint density at radius 2 is 2.06 bits per heavy atom. The Morgan fingerprint density at radius 1 is 1.38 bits per heavy atom. The van der Waals surface area contributed by atoms with E-state index in [1.807, 2.05) is 4.90 Å². The van der Waals surface area contributed by atoms with Gasteiger partial charge in [-0.15, -0.1) is 12.3 Å². The fourth-order valence-corrected chi connectivity index (χ4v) is 2.08. The lowest BCUT2D eigenvalue weighted by Crippen LogP contribution is -2.39. The van der Waals surface area contributed by atoms with E-state index in [2.05, 4.69) is 5.92 Å². The minimum Gasteiger partial charge on any atom is -0.343 e. The molecule has 1 aliphatic rings. The van der Waals surface area contributed by atoms with E-state index in [1.54, 1.807) is 0 Å². The van der Waals surface area contributed by atoms with E-state index in [4.69, 9.17) is 12.2 Å². The van der Waals surface area contributed by atoms with Crippen molar-refractivity contribution in [1.82, 2.24) is 4.90 Å². The summed E-state index contributed by atoms with van der Waals surface area (Å²) >= 11 is 0. The number of carbonyl (C=O) groups excluding carboxylic acids is 1. The molecule has 0 atom stereocenters. The number of amides is 1. The number of terminal acetylenes is 1. The van der Waals surface area contributed by atoms with Crippen molar-refractivity contribution in [2.45, 2.75) is 38.5 Å². The molecule has 0 unspecified atom stereocenters. The van der Waals surface area contributed by atoms with Gasteiger partial charge in [0.15, 0.2) is 0 Å². The maximum absolute atomic E-state index is 11.8. The van der Waals surface area contributed by atoms with Crippen molar-refractivity contribution in [2.24, 2.45) is 11.7 Å². The molecule has 90 valence electrons. The van der Waals surface area contributed by atoms with Gasteiger partial charge in [-0.05, 0) is 38.1 Å². The third kappa shape index (κ3) is 4.24. The van der Waals surface area contributed by atoms with Gasteiger partial charge in [0, 0.05) is 25.9 Å². The quantitative estimate of drug-likeness (QED) is 0.564. The topological polar surface area (TPSA) is 46.3 Å². The lowest BCUT2D eigenvalue weighted by Gasteiger charge is -2.31. The van der Waals surface area contributed by atoms with Crippen LogP contribution in [0.2, 0.25) is 0 Å². The van der Waals surface area contributed by atoms with Crippen molar-refractivity contribution in [1.29, 1.82) is 0 Å². The maximum Gasteiger partial charge on any atom is 0.222 e. The van der Waals surface area contributed by atoms with Crippen molar-refractivity contribution in [3.05, 3.63) is 0 Å². The van der Waals surface area contributed by atoms with Crippen molar-refractivity contribution >= 4 is 5.91 Å². The molecule has 1 saturated heterocycles. The van der Waals surface area contributed by atoms with Crippen LogP contribution >= 0.6 is 0 Å². The first-order valence-electron chi connectivity index (χ1n) is 6.19. The maximum atomic E-state index is 11.8. The molecule has 3 nitrogen and oxygen atoms in total. The van der Waals surface area contributed by atoms with Crippen molar-refractivity contribution < 1.29 is 4.79 Å². The summed E-state index contributed by atoms with van der Waals surface area (Å²) in [7, 11) is 0. The summed E-state index contributed by atoms with van der Waals surface area (Å²) in [6.07, 6.45) is 10.6. The monoisotopic (exact) mass is 222 g/mol.